The van der Waals surface area contributed by atoms with Gasteiger partial charge in [0, 0.05) is 18.7 Å². The lowest BCUT2D eigenvalue weighted by molar-refractivity contribution is -0.274. The minimum Gasteiger partial charge on any atom is -0.406 e. The average Bonchev–Trinajstić information content (AvgIpc) is 2.76. The number of Topliss-reactive ketones (excluding diaryl/α,β-unsaturated/α-hetero) is 1. The molecule has 2 rings (SSSR count). The maximum Gasteiger partial charge on any atom is 0.573 e. The van der Waals surface area contributed by atoms with Crippen molar-refractivity contribution in [2.45, 2.75) is 13.3 Å². The molecule has 0 aliphatic carbocycles. The molecule has 0 atom stereocenters. The van der Waals surface area contributed by atoms with Crippen LogP contribution in [0.2, 0.25) is 0 Å². The molecule has 0 saturated carbocycles. The molecule has 19 heavy (non-hydrogen) atoms. The molecule has 0 amide bonds. The van der Waals surface area contributed by atoms with Gasteiger partial charge in [-0.15, -0.1) is 24.5 Å². The van der Waals surface area contributed by atoms with Crippen molar-refractivity contribution in [2.24, 2.45) is 0 Å². The Balaban J connectivity index is 2.29. The highest BCUT2D eigenvalue weighted by molar-refractivity contribution is 7.16. The van der Waals surface area contributed by atoms with Crippen molar-refractivity contribution in [1.29, 1.82) is 0 Å². The molecular weight excluding hydrogens is 279 g/mol. The Bertz CT molecular complexity index is 607. The third kappa shape index (κ3) is 3.54. The van der Waals surface area contributed by atoms with Crippen LogP contribution in [0.3, 0.4) is 0 Å². The smallest absolute Gasteiger partial charge is 0.406 e. The SMILES string of the molecule is CC(=O)c1cnc(-c2cccc(OC(F)(F)F)c2)s1. The van der Waals surface area contributed by atoms with E-state index in [1.54, 1.807) is 6.07 Å². The normalized spacial score (nSPS) is 11.4. The van der Waals surface area contributed by atoms with Crippen LogP contribution in [-0.2, 0) is 0 Å². The lowest BCUT2D eigenvalue weighted by Gasteiger charge is -2.09. The topological polar surface area (TPSA) is 39.2 Å². The second-order valence-corrected chi connectivity index (χ2v) is 4.69. The number of halogens is 3. The zero-order valence-corrected chi connectivity index (χ0v) is 10.5. The van der Waals surface area contributed by atoms with Crippen LogP contribution in [0.5, 0.6) is 5.75 Å². The van der Waals surface area contributed by atoms with Gasteiger partial charge in [0.1, 0.15) is 10.8 Å². The number of hydrogen-bond donors (Lipinski definition) is 0. The third-order valence-electron chi connectivity index (χ3n) is 2.17. The number of hydrogen-bond acceptors (Lipinski definition) is 4. The van der Waals surface area contributed by atoms with Crippen molar-refractivity contribution in [3.8, 4) is 16.3 Å². The van der Waals surface area contributed by atoms with E-state index in [1.165, 1.54) is 31.3 Å². The van der Waals surface area contributed by atoms with E-state index in [4.69, 9.17) is 0 Å². The van der Waals surface area contributed by atoms with Gasteiger partial charge in [0.25, 0.3) is 0 Å². The van der Waals surface area contributed by atoms with Crippen LogP contribution in [0, 0.1) is 0 Å². The van der Waals surface area contributed by atoms with Gasteiger partial charge in [-0.1, -0.05) is 12.1 Å². The molecule has 1 heterocycles. The van der Waals surface area contributed by atoms with Gasteiger partial charge in [-0.05, 0) is 12.1 Å². The summed E-state index contributed by atoms with van der Waals surface area (Å²) in [5.74, 6) is -0.448. The number of nitrogens with zero attached hydrogens (tertiary/aromatic N) is 1. The molecule has 0 aliphatic heterocycles. The van der Waals surface area contributed by atoms with Gasteiger partial charge in [-0.3, -0.25) is 4.79 Å². The molecular formula is C12H8F3NO2S. The first-order valence-corrected chi connectivity index (χ1v) is 6.00. The van der Waals surface area contributed by atoms with Gasteiger partial charge in [-0.25, -0.2) is 4.98 Å². The van der Waals surface area contributed by atoms with Crippen LogP contribution < -0.4 is 4.74 Å². The predicted octanol–water partition coefficient (Wildman–Crippen LogP) is 3.91. The van der Waals surface area contributed by atoms with Gasteiger partial charge in [-0.2, -0.15) is 0 Å². The Morgan fingerprint density at radius 1 is 1.37 bits per heavy atom. The zero-order chi connectivity index (χ0) is 14.0. The van der Waals surface area contributed by atoms with Gasteiger partial charge in [0.2, 0.25) is 0 Å². The first kappa shape index (κ1) is 13.5. The van der Waals surface area contributed by atoms with Crippen molar-refractivity contribution in [1.82, 2.24) is 4.98 Å². The summed E-state index contributed by atoms with van der Waals surface area (Å²) in [7, 11) is 0. The van der Waals surface area contributed by atoms with Gasteiger partial charge in [0.05, 0.1) is 4.88 Å². The summed E-state index contributed by atoms with van der Waals surface area (Å²) in [6.07, 6.45) is -3.33. The highest BCUT2D eigenvalue weighted by Gasteiger charge is 2.31. The summed E-state index contributed by atoms with van der Waals surface area (Å²) in [4.78, 5) is 15.6. The monoisotopic (exact) mass is 287 g/mol. The van der Waals surface area contributed by atoms with Crippen LogP contribution in [0.15, 0.2) is 30.5 Å². The number of alkyl halides is 3. The van der Waals surface area contributed by atoms with E-state index in [-0.39, 0.29) is 11.5 Å². The van der Waals surface area contributed by atoms with Gasteiger partial charge >= 0.3 is 6.36 Å². The van der Waals surface area contributed by atoms with E-state index in [9.17, 15) is 18.0 Å². The van der Waals surface area contributed by atoms with Crippen LogP contribution in [0.1, 0.15) is 16.6 Å². The zero-order valence-electron chi connectivity index (χ0n) is 9.69. The van der Waals surface area contributed by atoms with E-state index in [0.717, 1.165) is 11.3 Å². The lowest BCUT2D eigenvalue weighted by atomic mass is 10.2. The quantitative estimate of drug-likeness (QED) is 0.803. The molecule has 7 heteroatoms. The molecule has 0 fully saturated rings. The van der Waals surface area contributed by atoms with Crippen LogP contribution in [0.25, 0.3) is 10.6 Å². The molecule has 100 valence electrons. The molecule has 0 radical (unpaired) electrons. The van der Waals surface area contributed by atoms with Crippen LogP contribution >= 0.6 is 11.3 Å². The molecule has 0 saturated heterocycles. The summed E-state index contributed by atoms with van der Waals surface area (Å²) in [6, 6.07) is 5.48. The van der Waals surface area contributed by atoms with E-state index >= 15 is 0 Å². The molecule has 0 aliphatic rings. The summed E-state index contributed by atoms with van der Waals surface area (Å²) >= 11 is 1.12. The number of aromatic nitrogens is 1. The molecule has 0 unspecified atom stereocenters. The minimum absolute atomic E-state index is 0.133. The van der Waals surface area contributed by atoms with E-state index < -0.39 is 6.36 Å². The van der Waals surface area contributed by atoms with E-state index in [1.807, 2.05) is 0 Å². The predicted molar refractivity (Wildman–Crippen MR) is 64.2 cm³/mol. The minimum atomic E-state index is -4.73. The van der Waals surface area contributed by atoms with Gasteiger partial charge < -0.3 is 4.74 Å². The first-order chi connectivity index (χ1) is 8.85. The molecule has 3 nitrogen and oxygen atoms in total. The van der Waals surface area contributed by atoms with Crippen LogP contribution in [-0.4, -0.2) is 17.1 Å². The van der Waals surface area contributed by atoms with Crippen molar-refractivity contribution in [2.75, 3.05) is 0 Å². The number of rotatable bonds is 3. The third-order valence-corrected chi connectivity index (χ3v) is 3.31. The fourth-order valence-electron chi connectivity index (χ4n) is 1.40. The number of carbonyl (C=O) groups excluding carboxylic acids is 1. The summed E-state index contributed by atoms with van der Waals surface area (Å²) in [5, 5.41) is 0.470. The molecule has 1 aromatic carbocycles. The van der Waals surface area contributed by atoms with Gasteiger partial charge in [0.15, 0.2) is 5.78 Å². The Kier molecular flexibility index (Phi) is 3.57. The summed E-state index contributed by atoms with van der Waals surface area (Å²) in [6.45, 7) is 1.40. The number of ketones is 1. The van der Waals surface area contributed by atoms with Crippen molar-refractivity contribution < 1.29 is 22.7 Å². The summed E-state index contributed by atoms with van der Waals surface area (Å²) < 4.78 is 40.1. The Labute approximate surface area is 110 Å². The number of carbonyl (C=O) groups is 1. The maximum absolute atomic E-state index is 12.1. The average molecular weight is 287 g/mol. The molecule has 2 aromatic rings. The second kappa shape index (κ2) is 5.00. The van der Waals surface area contributed by atoms with Crippen molar-refractivity contribution >= 4 is 17.1 Å². The lowest BCUT2D eigenvalue weighted by Crippen LogP contribution is -2.17. The number of ether oxygens (including phenoxy) is 1. The molecule has 0 N–H and O–H groups in total. The fourth-order valence-corrected chi connectivity index (χ4v) is 2.20. The highest BCUT2D eigenvalue weighted by atomic mass is 32.1. The standard InChI is InChI=1S/C12H8F3NO2S/c1-7(17)10-6-16-11(19-10)8-3-2-4-9(5-8)18-12(13,14)15/h2-6H,1H3. The molecule has 0 bridgehead atoms. The molecule has 1 aromatic heterocycles. The van der Waals surface area contributed by atoms with Crippen molar-refractivity contribution in [3.63, 3.8) is 0 Å². The van der Waals surface area contributed by atoms with E-state index in [0.29, 0.717) is 15.4 Å². The van der Waals surface area contributed by atoms with Crippen molar-refractivity contribution in [3.05, 3.63) is 35.3 Å². The summed E-state index contributed by atoms with van der Waals surface area (Å²) in [5.41, 5.74) is 0.472. The fraction of sp³-hybridized carbons (Fsp3) is 0.167. The Hall–Kier alpha value is -1.89. The number of thiazole rings is 1. The van der Waals surface area contributed by atoms with E-state index in [2.05, 4.69) is 9.72 Å². The maximum atomic E-state index is 12.1. The Morgan fingerprint density at radius 2 is 2.11 bits per heavy atom. The number of benzene rings is 1. The first-order valence-electron chi connectivity index (χ1n) is 5.18. The Morgan fingerprint density at radius 3 is 2.68 bits per heavy atom. The van der Waals surface area contributed by atoms with Crippen LogP contribution in [0.4, 0.5) is 13.2 Å². The second-order valence-electron chi connectivity index (χ2n) is 3.66. The highest BCUT2D eigenvalue weighted by Crippen LogP contribution is 2.30. The molecule has 0 spiro atoms. The largest absolute Gasteiger partial charge is 0.573 e.